The first kappa shape index (κ1) is 15.0. The maximum atomic E-state index is 6.32. The third-order valence-electron chi connectivity index (χ3n) is 4.89. The summed E-state index contributed by atoms with van der Waals surface area (Å²) < 4.78 is 5.92. The fraction of sp³-hybridized carbons (Fsp3) is 0.400. The molecule has 0 saturated carbocycles. The first-order valence-corrected chi connectivity index (χ1v) is 8.11. The number of fused-ring (bicyclic) bond motifs is 1. The van der Waals surface area contributed by atoms with Crippen LogP contribution in [0.1, 0.15) is 53.1 Å². The highest BCUT2D eigenvalue weighted by Crippen LogP contribution is 2.39. The number of hydrogen-bond acceptors (Lipinski definition) is 2. The molecule has 0 fully saturated rings. The molecule has 3 rings (SSSR count). The van der Waals surface area contributed by atoms with E-state index < -0.39 is 0 Å². The van der Waals surface area contributed by atoms with Crippen LogP contribution in [0, 0.1) is 13.8 Å². The number of ether oxygens (including phenoxy) is 1. The Bertz CT molecular complexity index is 699. The van der Waals surface area contributed by atoms with Gasteiger partial charge in [0.25, 0.3) is 0 Å². The van der Waals surface area contributed by atoms with Gasteiger partial charge < -0.3 is 10.5 Å². The number of benzene rings is 2. The minimum atomic E-state index is 0.568. The van der Waals surface area contributed by atoms with Crippen molar-refractivity contribution in [1.29, 1.82) is 0 Å². The van der Waals surface area contributed by atoms with E-state index in [1.54, 1.807) is 0 Å². The SMILES string of the molecule is Cc1c(N)c(C)c(Cc2ccc(C(C)C)cc2)c2c1CCO2. The Morgan fingerprint density at radius 1 is 1.09 bits per heavy atom. The number of rotatable bonds is 3. The Hall–Kier alpha value is -1.96. The summed E-state index contributed by atoms with van der Waals surface area (Å²) in [5.74, 6) is 1.65. The Morgan fingerprint density at radius 2 is 1.77 bits per heavy atom. The van der Waals surface area contributed by atoms with Crippen molar-refractivity contribution in [2.75, 3.05) is 12.3 Å². The van der Waals surface area contributed by atoms with Crippen LogP contribution in [-0.2, 0) is 12.8 Å². The summed E-state index contributed by atoms with van der Waals surface area (Å²) in [6.45, 7) is 9.44. The molecule has 2 heteroatoms. The van der Waals surface area contributed by atoms with Crippen LogP contribution < -0.4 is 10.5 Å². The van der Waals surface area contributed by atoms with Crippen molar-refractivity contribution < 1.29 is 4.74 Å². The first-order valence-electron chi connectivity index (χ1n) is 8.11. The second kappa shape index (κ2) is 5.68. The minimum Gasteiger partial charge on any atom is -0.493 e. The van der Waals surface area contributed by atoms with E-state index in [-0.39, 0.29) is 0 Å². The predicted octanol–water partition coefficient (Wildman–Crippen LogP) is 4.53. The quantitative estimate of drug-likeness (QED) is 0.844. The summed E-state index contributed by atoms with van der Waals surface area (Å²) in [5.41, 5.74) is 14.9. The maximum Gasteiger partial charge on any atom is 0.126 e. The van der Waals surface area contributed by atoms with E-state index in [9.17, 15) is 0 Å². The number of nitrogens with two attached hydrogens (primary N) is 1. The second-order valence-corrected chi connectivity index (χ2v) is 6.62. The molecule has 0 atom stereocenters. The normalized spacial score (nSPS) is 13.3. The van der Waals surface area contributed by atoms with Gasteiger partial charge in [0.05, 0.1) is 6.61 Å². The van der Waals surface area contributed by atoms with E-state index in [0.29, 0.717) is 5.92 Å². The average molecular weight is 295 g/mol. The molecule has 0 unspecified atom stereocenters. The lowest BCUT2D eigenvalue weighted by atomic mass is 9.91. The van der Waals surface area contributed by atoms with Crippen molar-refractivity contribution >= 4 is 5.69 Å². The van der Waals surface area contributed by atoms with E-state index in [1.807, 2.05) is 0 Å². The number of nitrogen functional groups attached to an aromatic ring is 1. The van der Waals surface area contributed by atoms with Crippen molar-refractivity contribution in [2.45, 2.75) is 46.5 Å². The van der Waals surface area contributed by atoms with E-state index in [4.69, 9.17) is 10.5 Å². The van der Waals surface area contributed by atoms with Crippen LogP contribution in [0.5, 0.6) is 5.75 Å². The van der Waals surface area contributed by atoms with Crippen LogP contribution in [0.3, 0.4) is 0 Å². The largest absolute Gasteiger partial charge is 0.493 e. The fourth-order valence-corrected chi connectivity index (χ4v) is 3.30. The molecule has 0 bridgehead atoms. The number of hydrogen-bond donors (Lipinski definition) is 1. The predicted molar refractivity (Wildman–Crippen MR) is 92.9 cm³/mol. The molecule has 0 saturated heterocycles. The zero-order valence-electron chi connectivity index (χ0n) is 14.0. The second-order valence-electron chi connectivity index (χ2n) is 6.62. The lowest BCUT2D eigenvalue weighted by Gasteiger charge is -2.17. The lowest BCUT2D eigenvalue weighted by molar-refractivity contribution is 0.353. The third kappa shape index (κ3) is 2.47. The van der Waals surface area contributed by atoms with Crippen LogP contribution in [-0.4, -0.2) is 6.61 Å². The van der Waals surface area contributed by atoms with Crippen LogP contribution >= 0.6 is 0 Å². The zero-order valence-corrected chi connectivity index (χ0v) is 14.0. The molecular formula is C20H25NO. The molecule has 0 amide bonds. The summed E-state index contributed by atoms with van der Waals surface area (Å²) >= 11 is 0. The molecule has 0 aromatic heterocycles. The highest BCUT2D eigenvalue weighted by atomic mass is 16.5. The van der Waals surface area contributed by atoms with Gasteiger partial charge in [0.1, 0.15) is 5.75 Å². The van der Waals surface area contributed by atoms with Gasteiger partial charge in [-0.05, 0) is 42.0 Å². The molecule has 0 radical (unpaired) electrons. The molecule has 1 aliphatic rings. The summed E-state index contributed by atoms with van der Waals surface area (Å²) in [6, 6.07) is 8.92. The maximum absolute atomic E-state index is 6.32. The van der Waals surface area contributed by atoms with Gasteiger partial charge >= 0.3 is 0 Å². The van der Waals surface area contributed by atoms with Gasteiger partial charge in [0.15, 0.2) is 0 Å². The molecule has 1 aliphatic heterocycles. The topological polar surface area (TPSA) is 35.2 Å². The van der Waals surface area contributed by atoms with E-state index >= 15 is 0 Å². The first-order chi connectivity index (χ1) is 10.5. The van der Waals surface area contributed by atoms with E-state index in [2.05, 4.69) is 52.0 Å². The Morgan fingerprint density at radius 3 is 2.41 bits per heavy atom. The summed E-state index contributed by atoms with van der Waals surface area (Å²) in [6.07, 6.45) is 1.86. The molecule has 2 N–H and O–H groups in total. The van der Waals surface area contributed by atoms with Gasteiger partial charge in [-0.2, -0.15) is 0 Å². The van der Waals surface area contributed by atoms with Crippen molar-refractivity contribution in [1.82, 2.24) is 0 Å². The lowest BCUT2D eigenvalue weighted by Crippen LogP contribution is -2.04. The molecule has 22 heavy (non-hydrogen) atoms. The van der Waals surface area contributed by atoms with Crippen molar-refractivity contribution in [3.63, 3.8) is 0 Å². The molecule has 0 spiro atoms. The van der Waals surface area contributed by atoms with Crippen molar-refractivity contribution in [3.05, 3.63) is 57.6 Å². The Labute approximate surface area is 133 Å². The smallest absolute Gasteiger partial charge is 0.126 e. The zero-order chi connectivity index (χ0) is 15.9. The van der Waals surface area contributed by atoms with Crippen molar-refractivity contribution in [2.24, 2.45) is 0 Å². The van der Waals surface area contributed by atoms with Gasteiger partial charge in [-0.3, -0.25) is 0 Å². The number of anilines is 1. The highest BCUT2D eigenvalue weighted by molar-refractivity contribution is 5.67. The van der Waals surface area contributed by atoms with Crippen LogP contribution in [0.4, 0.5) is 5.69 Å². The van der Waals surface area contributed by atoms with Gasteiger partial charge in [-0.25, -0.2) is 0 Å². The van der Waals surface area contributed by atoms with Crippen LogP contribution in [0.25, 0.3) is 0 Å². The van der Waals surface area contributed by atoms with E-state index in [0.717, 1.165) is 30.9 Å². The minimum absolute atomic E-state index is 0.568. The molecule has 116 valence electrons. The summed E-state index contributed by atoms with van der Waals surface area (Å²) in [7, 11) is 0. The molecule has 2 aromatic carbocycles. The van der Waals surface area contributed by atoms with Crippen LogP contribution in [0.2, 0.25) is 0 Å². The highest BCUT2D eigenvalue weighted by Gasteiger charge is 2.23. The molecular weight excluding hydrogens is 270 g/mol. The molecule has 2 aromatic rings. The molecule has 0 aliphatic carbocycles. The fourth-order valence-electron chi connectivity index (χ4n) is 3.30. The van der Waals surface area contributed by atoms with Crippen molar-refractivity contribution in [3.8, 4) is 5.75 Å². The average Bonchev–Trinajstić information content (AvgIpc) is 2.99. The summed E-state index contributed by atoms with van der Waals surface area (Å²) in [4.78, 5) is 0. The summed E-state index contributed by atoms with van der Waals surface area (Å²) in [5, 5.41) is 0. The van der Waals surface area contributed by atoms with Gasteiger partial charge in [0, 0.05) is 29.7 Å². The monoisotopic (exact) mass is 295 g/mol. The van der Waals surface area contributed by atoms with Crippen LogP contribution in [0.15, 0.2) is 24.3 Å². The molecule has 1 heterocycles. The standard InChI is InChI=1S/C20H25NO/c1-12(2)16-7-5-15(6-8-16)11-18-14(4)19(21)13(3)17-9-10-22-20(17)18/h5-8,12H,9-11,21H2,1-4H3. The molecule has 2 nitrogen and oxygen atoms in total. The Balaban J connectivity index is 1.99. The van der Waals surface area contributed by atoms with Gasteiger partial charge in [-0.1, -0.05) is 38.1 Å². The van der Waals surface area contributed by atoms with Gasteiger partial charge in [0.2, 0.25) is 0 Å². The Kier molecular flexibility index (Phi) is 3.86. The third-order valence-corrected chi connectivity index (χ3v) is 4.89. The van der Waals surface area contributed by atoms with Gasteiger partial charge in [-0.15, -0.1) is 0 Å². The van der Waals surface area contributed by atoms with E-state index in [1.165, 1.54) is 33.4 Å².